The molecule has 15 heavy (non-hydrogen) atoms. The lowest BCUT2D eigenvalue weighted by Crippen LogP contribution is -2.20. The number of halogens is 6. The molecule has 0 radical (unpaired) electrons. The van der Waals surface area contributed by atoms with E-state index in [2.05, 4.69) is 0 Å². The highest BCUT2D eigenvalue weighted by molar-refractivity contribution is 8.00. The largest absolute Gasteiger partial charge is 0.342 e. The van der Waals surface area contributed by atoms with Crippen LogP contribution in [-0.4, -0.2) is 10.9 Å². The van der Waals surface area contributed by atoms with Crippen LogP contribution < -0.4 is 0 Å². The molecule has 1 rings (SSSR count). The third kappa shape index (κ3) is 3.63. The van der Waals surface area contributed by atoms with Crippen molar-refractivity contribution in [1.82, 2.24) is 0 Å². The van der Waals surface area contributed by atoms with Gasteiger partial charge in [0, 0.05) is 4.90 Å². The molecule has 0 aliphatic heterocycles. The van der Waals surface area contributed by atoms with Crippen molar-refractivity contribution >= 4 is 46.6 Å². The van der Waals surface area contributed by atoms with E-state index in [1.807, 2.05) is 0 Å². The summed E-state index contributed by atoms with van der Waals surface area (Å²) in [5.41, 5.74) is -2.75. The van der Waals surface area contributed by atoms with Gasteiger partial charge in [0.2, 0.25) is 5.63 Å². The fourth-order valence-electron chi connectivity index (χ4n) is 0.742. The average Bonchev–Trinajstić information content (AvgIpc) is 2.10. The summed E-state index contributed by atoms with van der Waals surface area (Å²) < 4.78 is 38.0. The van der Waals surface area contributed by atoms with Crippen molar-refractivity contribution in [2.24, 2.45) is 0 Å². The highest BCUT2D eigenvalue weighted by Gasteiger charge is 2.40. The predicted molar refractivity (Wildman–Crippen MR) is 58.0 cm³/mol. The second-order valence-electron chi connectivity index (χ2n) is 2.54. The summed E-state index contributed by atoms with van der Waals surface area (Å²) in [7, 11) is 0. The van der Waals surface area contributed by atoms with Crippen LogP contribution in [0.1, 0.15) is 0 Å². The molecule has 0 saturated heterocycles. The summed E-state index contributed by atoms with van der Waals surface area (Å²) in [5.74, 6) is 0. The molecule has 7 heteroatoms. The van der Waals surface area contributed by atoms with E-state index in [1.54, 1.807) is 0 Å². The molecule has 0 aliphatic carbocycles. The monoisotopic (exact) mass is 294 g/mol. The van der Waals surface area contributed by atoms with Crippen molar-refractivity contribution < 1.29 is 13.2 Å². The number of hydrogen-bond donors (Lipinski definition) is 0. The predicted octanol–water partition coefficient (Wildman–Crippen LogP) is 5.21. The minimum absolute atomic E-state index is 0.00651. The van der Waals surface area contributed by atoms with Gasteiger partial charge in [0.15, 0.2) is 0 Å². The minimum atomic E-state index is -3.70. The molecule has 0 fully saturated rings. The van der Waals surface area contributed by atoms with Gasteiger partial charge in [-0.05, 0) is 30.0 Å². The van der Waals surface area contributed by atoms with Gasteiger partial charge >= 0.3 is 5.25 Å². The molecule has 0 bridgehead atoms. The highest BCUT2D eigenvalue weighted by Crippen LogP contribution is 2.42. The van der Waals surface area contributed by atoms with E-state index in [0.29, 0.717) is 0 Å². The Morgan fingerprint density at radius 1 is 1.20 bits per heavy atom. The fraction of sp³-hybridized carbons (Fsp3) is 0.250. The van der Waals surface area contributed by atoms with Crippen LogP contribution in [0.4, 0.5) is 13.2 Å². The zero-order chi connectivity index (χ0) is 11.6. The molecule has 1 atom stereocenters. The number of thioether (sulfide) groups is 1. The van der Waals surface area contributed by atoms with E-state index in [0.717, 1.165) is 0 Å². The summed E-state index contributed by atoms with van der Waals surface area (Å²) in [6.45, 7) is 0. The zero-order valence-electron chi connectivity index (χ0n) is 6.99. The number of benzene rings is 1. The van der Waals surface area contributed by atoms with Crippen molar-refractivity contribution in [3.8, 4) is 0 Å². The molecule has 0 unspecified atom stereocenters. The van der Waals surface area contributed by atoms with Crippen molar-refractivity contribution in [3.63, 3.8) is 0 Å². The Morgan fingerprint density at radius 3 is 2.27 bits per heavy atom. The lowest BCUT2D eigenvalue weighted by molar-refractivity contribution is 0.0537. The van der Waals surface area contributed by atoms with Crippen LogP contribution in [0.5, 0.6) is 0 Å². The van der Waals surface area contributed by atoms with E-state index in [4.69, 9.17) is 34.8 Å². The number of alkyl halides is 4. The Morgan fingerprint density at radius 2 is 1.80 bits per heavy atom. The van der Waals surface area contributed by atoms with Gasteiger partial charge in [-0.25, -0.2) is 4.39 Å². The molecule has 0 aliphatic rings. The van der Waals surface area contributed by atoms with Crippen molar-refractivity contribution in [3.05, 3.63) is 28.2 Å². The van der Waals surface area contributed by atoms with Crippen LogP contribution in [0, 0.1) is 0 Å². The number of rotatable bonds is 3. The van der Waals surface area contributed by atoms with E-state index >= 15 is 0 Å². The topological polar surface area (TPSA) is 0 Å². The van der Waals surface area contributed by atoms with Gasteiger partial charge in [0.1, 0.15) is 0 Å². The Balaban J connectivity index is 2.86. The molecule has 0 aromatic heterocycles. The second kappa shape index (κ2) is 5.04. The zero-order valence-corrected chi connectivity index (χ0v) is 10.1. The standard InChI is InChI=1S/C8H4Cl3F3S/c9-5-2-1-4(3-6(5)10)15-8(13,14)7(11)12/h1-3,7H/t7-/m0/s1. The lowest BCUT2D eigenvalue weighted by Gasteiger charge is -2.15. The van der Waals surface area contributed by atoms with E-state index in [-0.39, 0.29) is 26.7 Å². The highest BCUT2D eigenvalue weighted by atomic mass is 35.5. The average molecular weight is 296 g/mol. The third-order valence-electron chi connectivity index (χ3n) is 1.40. The fourth-order valence-corrected chi connectivity index (χ4v) is 1.95. The first-order valence-corrected chi connectivity index (χ1v) is 5.64. The third-order valence-corrected chi connectivity index (χ3v) is 3.51. The van der Waals surface area contributed by atoms with Gasteiger partial charge in [-0.3, -0.25) is 0 Å². The molecule has 0 nitrogen and oxygen atoms in total. The van der Waals surface area contributed by atoms with Gasteiger partial charge < -0.3 is 0 Å². The van der Waals surface area contributed by atoms with Crippen LogP contribution in [0.3, 0.4) is 0 Å². The molecular weight excluding hydrogens is 292 g/mol. The summed E-state index contributed by atoms with van der Waals surface area (Å²) in [6, 6.07) is 3.89. The first-order chi connectivity index (χ1) is 6.83. The molecule has 1 aromatic carbocycles. The summed E-state index contributed by atoms with van der Waals surface area (Å²) in [6.07, 6.45) is 0. The molecule has 84 valence electrons. The Hall–Kier alpha value is 0.230. The Bertz CT molecular complexity index is 357. The van der Waals surface area contributed by atoms with Crippen LogP contribution in [-0.2, 0) is 0 Å². The summed E-state index contributed by atoms with van der Waals surface area (Å²) >= 11 is 15.9. The van der Waals surface area contributed by atoms with Crippen LogP contribution in [0.2, 0.25) is 10.0 Å². The van der Waals surface area contributed by atoms with Crippen molar-refractivity contribution in [2.45, 2.75) is 15.8 Å². The van der Waals surface area contributed by atoms with E-state index < -0.39 is 10.9 Å². The van der Waals surface area contributed by atoms with Crippen LogP contribution in [0.25, 0.3) is 0 Å². The van der Waals surface area contributed by atoms with E-state index in [9.17, 15) is 13.2 Å². The van der Waals surface area contributed by atoms with E-state index in [1.165, 1.54) is 18.2 Å². The van der Waals surface area contributed by atoms with Gasteiger partial charge in [-0.15, -0.1) is 0 Å². The smallest absolute Gasteiger partial charge is 0.222 e. The Kier molecular flexibility index (Phi) is 4.47. The van der Waals surface area contributed by atoms with Crippen LogP contribution in [0.15, 0.2) is 23.1 Å². The SMILES string of the molecule is F[C@H](Cl)C(F)(F)Sc1ccc(Cl)c(Cl)c1. The maximum Gasteiger partial charge on any atom is 0.342 e. The first kappa shape index (κ1) is 13.3. The maximum absolute atomic E-state index is 12.8. The summed E-state index contributed by atoms with van der Waals surface area (Å²) in [5, 5.41) is -3.33. The number of hydrogen-bond acceptors (Lipinski definition) is 1. The van der Waals surface area contributed by atoms with Gasteiger partial charge in [-0.2, -0.15) is 8.78 Å². The molecule has 0 saturated carbocycles. The second-order valence-corrected chi connectivity index (χ2v) is 4.96. The van der Waals surface area contributed by atoms with Gasteiger partial charge in [0.05, 0.1) is 10.0 Å². The normalized spacial score (nSPS) is 14.0. The molecule has 0 heterocycles. The Labute approximate surface area is 104 Å². The molecule has 0 N–H and O–H groups in total. The van der Waals surface area contributed by atoms with Crippen molar-refractivity contribution in [1.29, 1.82) is 0 Å². The van der Waals surface area contributed by atoms with Gasteiger partial charge in [-0.1, -0.05) is 34.8 Å². The molecule has 0 spiro atoms. The summed E-state index contributed by atoms with van der Waals surface area (Å²) in [4.78, 5) is 0.0951. The quantitative estimate of drug-likeness (QED) is 0.544. The maximum atomic E-state index is 12.8. The molecular formula is C8H4Cl3F3S. The molecule has 0 amide bonds. The first-order valence-electron chi connectivity index (χ1n) is 3.63. The lowest BCUT2D eigenvalue weighted by atomic mass is 10.4. The molecule has 1 aromatic rings. The van der Waals surface area contributed by atoms with Crippen LogP contribution >= 0.6 is 46.6 Å². The van der Waals surface area contributed by atoms with Crippen molar-refractivity contribution in [2.75, 3.05) is 0 Å². The van der Waals surface area contributed by atoms with Gasteiger partial charge in [0.25, 0.3) is 0 Å². The minimum Gasteiger partial charge on any atom is -0.222 e.